The van der Waals surface area contributed by atoms with Crippen LogP contribution in [0.2, 0.25) is 0 Å². The molecule has 0 bridgehead atoms. The van der Waals surface area contributed by atoms with Crippen LogP contribution < -0.4 is 0 Å². The predicted octanol–water partition coefficient (Wildman–Crippen LogP) is 3.52. The minimum Gasteiger partial charge on any atom is -0.465 e. The van der Waals surface area contributed by atoms with Crippen LogP contribution in [0, 0.1) is 5.41 Å². The molecule has 4 nitrogen and oxygen atoms in total. The molecule has 0 N–H and O–H groups in total. The summed E-state index contributed by atoms with van der Waals surface area (Å²) >= 11 is 0. The molecule has 0 rings (SSSR count). The summed E-state index contributed by atoms with van der Waals surface area (Å²) in [6.45, 7) is 9.30. The van der Waals surface area contributed by atoms with Gasteiger partial charge >= 0.3 is 5.97 Å². The Hall–Kier alpha value is -0.900. The second-order valence-corrected chi connectivity index (χ2v) is 5.74. The number of hydrogen-bond acceptors (Lipinski definition) is 4. The number of ether oxygens (including phenoxy) is 2. The first kappa shape index (κ1) is 19.1. The smallest absolute Gasteiger partial charge is 0.319 e. The van der Waals surface area contributed by atoms with E-state index in [1.54, 1.807) is 20.8 Å². The summed E-state index contributed by atoms with van der Waals surface area (Å²) in [5.41, 5.74) is -1.13. The van der Waals surface area contributed by atoms with E-state index in [1.165, 1.54) is 19.3 Å². The van der Waals surface area contributed by atoms with Crippen LogP contribution in [-0.2, 0) is 19.1 Å². The minimum atomic E-state index is -1.13. The maximum absolute atomic E-state index is 12.0. The molecule has 1 unspecified atom stereocenters. The third kappa shape index (κ3) is 7.04. The topological polar surface area (TPSA) is 52.6 Å². The van der Waals surface area contributed by atoms with Crippen molar-refractivity contribution >= 4 is 11.8 Å². The van der Waals surface area contributed by atoms with Crippen LogP contribution >= 0.6 is 0 Å². The van der Waals surface area contributed by atoms with Crippen LogP contribution in [0.25, 0.3) is 0 Å². The zero-order valence-electron chi connectivity index (χ0n) is 13.7. The Morgan fingerprint density at radius 1 is 1.10 bits per heavy atom. The first-order valence-electron chi connectivity index (χ1n) is 7.68. The monoisotopic (exact) mass is 286 g/mol. The van der Waals surface area contributed by atoms with E-state index in [0.717, 1.165) is 12.8 Å². The summed E-state index contributed by atoms with van der Waals surface area (Å²) in [5.74, 6) is -0.708. The maximum atomic E-state index is 12.0. The predicted molar refractivity (Wildman–Crippen MR) is 79.6 cm³/mol. The fourth-order valence-electron chi connectivity index (χ4n) is 1.77. The molecule has 0 radical (unpaired) electrons. The molecule has 0 fully saturated rings. The van der Waals surface area contributed by atoms with Gasteiger partial charge in [-0.1, -0.05) is 32.6 Å². The van der Waals surface area contributed by atoms with Gasteiger partial charge in [0.05, 0.1) is 12.7 Å². The van der Waals surface area contributed by atoms with Crippen molar-refractivity contribution in [3.63, 3.8) is 0 Å². The molecule has 0 spiro atoms. The largest absolute Gasteiger partial charge is 0.465 e. The number of esters is 1. The molecule has 0 aliphatic rings. The van der Waals surface area contributed by atoms with Crippen LogP contribution in [0.1, 0.15) is 66.7 Å². The average molecular weight is 286 g/mol. The number of ketones is 1. The van der Waals surface area contributed by atoms with E-state index in [2.05, 4.69) is 6.92 Å². The lowest BCUT2D eigenvalue weighted by molar-refractivity contribution is -0.159. The normalized spacial score (nSPS) is 13.1. The van der Waals surface area contributed by atoms with E-state index in [-0.39, 0.29) is 25.1 Å². The van der Waals surface area contributed by atoms with Gasteiger partial charge in [0.1, 0.15) is 12.0 Å². The fraction of sp³-hybridized carbons (Fsp3) is 0.875. The molecule has 0 saturated carbocycles. The fourth-order valence-corrected chi connectivity index (χ4v) is 1.77. The first-order valence-corrected chi connectivity index (χ1v) is 7.68. The van der Waals surface area contributed by atoms with E-state index < -0.39 is 11.4 Å². The van der Waals surface area contributed by atoms with Crippen molar-refractivity contribution < 1.29 is 19.1 Å². The molecule has 0 aliphatic carbocycles. The van der Waals surface area contributed by atoms with E-state index in [0.29, 0.717) is 0 Å². The lowest BCUT2D eigenvalue weighted by atomic mass is 9.88. The number of rotatable bonds is 11. The molecule has 118 valence electrons. The molecule has 1 atom stereocenters. The highest BCUT2D eigenvalue weighted by molar-refractivity contribution is 6.03. The SMILES string of the molecule is CCCCCCC(C)OCC(=O)C(C)(C)C(=O)OCC. The van der Waals surface area contributed by atoms with E-state index in [9.17, 15) is 9.59 Å². The zero-order chi connectivity index (χ0) is 15.6. The second-order valence-electron chi connectivity index (χ2n) is 5.74. The van der Waals surface area contributed by atoms with Gasteiger partial charge in [-0.05, 0) is 34.1 Å². The van der Waals surface area contributed by atoms with Crippen molar-refractivity contribution in [3.8, 4) is 0 Å². The number of carbonyl (C=O) groups is 2. The number of unbranched alkanes of at least 4 members (excludes halogenated alkanes) is 3. The maximum Gasteiger partial charge on any atom is 0.319 e. The standard InChI is InChI=1S/C16H30O4/c1-6-8-9-10-11-13(3)20-12-14(17)16(4,5)15(18)19-7-2/h13H,6-12H2,1-5H3. The van der Waals surface area contributed by atoms with Gasteiger partial charge in [0.15, 0.2) is 5.78 Å². The molecular formula is C16H30O4. The second kappa shape index (κ2) is 9.92. The molecule has 0 amide bonds. The van der Waals surface area contributed by atoms with Crippen molar-refractivity contribution in [2.24, 2.45) is 5.41 Å². The molecule has 0 aromatic rings. The molecule has 0 aromatic carbocycles. The molecule has 0 heterocycles. The highest BCUT2D eigenvalue weighted by atomic mass is 16.5. The molecular weight excluding hydrogens is 256 g/mol. The van der Waals surface area contributed by atoms with Gasteiger partial charge in [-0.15, -0.1) is 0 Å². The van der Waals surface area contributed by atoms with Crippen molar-refractivity contribution in [1.29, 1.82) is 0 Å². The molecule has 4 heteroatoms. The summed E-state index contributed by atoms with van der Waals surface area (Å²) in [4.78, 5) is 23.7. The quantitative estimate of drug-likeness (QED) is 0.331. The van der Waals surface area contributed by atoms with Crippen LogP contribution in [0.4, 0.5) is 0 Å². The summed E-state index contributed by atoms with van der Waals surface area (Å²) in [5, 5.41) is 0. The Labute approximate surface area is 123 Å². The van der Waals surface area contributed by atoms with E-state index in [1.807, 2.05) is 6.92 Å². The van der Waals surface area contributed by atoms with Crippen molar-refractivity contribution in [2.75, 3.05) is 13.2 Å². The summed E-state index contributed by atoms with van der Waals surface area (Å²) in [6, 6.07) is 0. The van der Waals surface area contributed by atoms with Gasteiger partial charge in [-0.25, -0.2) is 0 Å². The van der Waals surface area contributed by atoms with Gasteiger partial charge in [0.25, 0.3) is 0 Å². The van der Waals surface area contributed by atoms with Gasteiger partial charge in [0, 0.05) is 0 Å². The molecule has 0 aromatic heterocycles. The lowest BCUT2D eigenvalue weighted by Crippen LogP contribution is -2.38. The highest BCUT2D eigenvalue weighted by Gasteiger charge is 2.37. The number of carbonyl (C=O) groups excluding carboxylic acids is 2. The van der Waals surface area contributed by atoms with Crippen molar-refractivity contribution in [1.82, 2.24) is 0 Å². The Morgan fingerprint density at radius 3 is 2.30 bits per heavy atom. The summed E-state index contributed by atoms with van der Waals surface area (Å²) in [6.07, 6.45) is 5.77. The van der Waals surface area contributed by atoms with Crippen molar-refractivity contribution in [3.05, 3.63) is 0 Å². The Bertz CT molecular complexity index is 297. The Balaban J connectivity index is 4.04. The van der Waals surface area contributed by atoms with Gasteiger partial charge in [0.2, 0.25) is 0 Å². The summed E-state index contributed by atoms with van der Waals surface area (Å²) in [7, 11) is 0. The van der Waals surface area contributed by atoms with Crippen LogP contribution in [0.5, 0.6) is 0 Å². The molecule has 0 saturated heterocycles. The molecule has 0 aliphatic heterocycles. The van der Waals surface area contributed by atoms with Crippen LogP contribution in [-0.4, -0.2) is 31.1 Å². The average Bonchev–Trinajstić information content (AvgIpc) is 2.41. The third-order valence-electron chi connectivity index (χ3n) is 3.45. The van der Waals surface area contributed by atoms with Gasteiger partial charge < -0.3 is 9.47 Å². The number of Topliss-reactive ketones (excluding diaryl/α,β-unsaturated/α-hetero) is 1. The Kier molecular flexibility index (Phi) is 9.47. The summed E-state index contributed by atoms with van der Waals surface area (Å²) < 4.78 is 10.5. The number of hydrogen-bond donors (Lipinski definition) is 0. The third-order valence-corrected chi connectivity index (χ3v) is 3.45. The van der Waals surface area contributed by atoms with Gasteiger partial charge in [-0.2, -0.15) is 0 Å². The highest BCUT2D eigenvalue weighted by Crippen LogP contribution is 2.19. The Morgan fingerprint density at radius 2 is 1.75 bits per heavy atom. The lowest BCUT2D eigenvalue weighted by Gasteiger charge is -2.22. The first-order chi connectivity index (χ1) is 9.36. The van der Waals surface area contributed by atoms with Crippen molar-refractivity contribution in [2.45, 2.75) is 72.8 Å². The van der Waals surface area contributed by atoms with E-state index in [4.69, 9.17) is 9.47 Å². The van der Waals surface area contributed by atoms with Crippen LogP contribution in [0.3, 0.4) is 0 Å². The van der Waals surface area contributed by atoms with E-state index >= 15 is 0 Å². The van der Waals surface area contributed by atoms with Crippen LogP contribution in [0.15, 0.2) is 0 Å². The minimum absolute atomic E-state index is 0.0270. The molecule has 20 heavy (non-hydrogen) atoms. The zero-order valence-corrected chi connectivity index (χ0v) is 13.7. The van der Waals surface area contributed by atoms with Gasteiger partial charge in [-0.3, -0.25) is 9.59 Å².